The first-order valence-corrected chi connectivity index (χ1v) is 4.71. The van der Waals surface area contributed by atoms with Gasteiger partial charge in [-0.25, -0.2) is 0 Å². The zero-order valence-corrected chi connectivity index (χ0v) is 8.80. The van der Waals surface area contributed by atoms with Crippen LogP contribution in [-0.4, -0.2) is 16.1 Å². The van der Waals surface area contributed by atoms with E-state index >= 15 is 0 Å². The standard InChI is InChI=1S/C9H13ClN2O/c1-4-8-7(5-13)9(10)12(11-8)6(2)3/h5-6H,4H2,1-3H3. The van der Waals surface area contributed by atoms with Crippen molar-refractivity contribution in [3.63, 3.8) is 0 Å². The minimum Gasteiger partial charge on any atom is -0.298 e. The molecule has 0 spiro atoms. The van der Waals surface area contributed by atoms with Crippen molar-refractivity contribution < 1.29 is 4.79 Å². The van der Waals surface area contributed by atoms with Gasteiger partial charge in [0.05, 0.1) is 11.3 Å². The second-order valence-corrected chi connectivity index (χ2v) is 3.52. The maximum atomic E-state index is 10.7. The minimum absolute atomic E-state index is 0.187. The summed E-state index contributed by atoms with van der Waals surface area (Å²) in [7, 11) is 0. The van der Waals surface area contributed by atoms with Gasteiger partial charge in [0.2, 0.25) is 0 Å². The molecule has 13 heavy (non-hydrogen) atoms. The third-order valence-electron chi connectivity index (χ3n) is 1.90. The molecule has 1 heterocycles. The van der Waals surface area contributed by atoms with E-state index in [4.69, 9.17) is 11.6 Å². The van der Waals surface area contributed by atoms with Crippen LogP contribution >= 0.6 is 11.6 Å². The lowest BCUT2D eigenvalue weighted by Crippen LogP contribution is -2.03. The van der Waals surface area contributed by atoms with E-state index in [9.17, 15) is 4.79 Å². The number of carbonyl (C=O) groups is 1. The molecule has 0 radical (unpaired) electrons. The van der Waals surface area contributed by atoms with Crippen molar-refractivity contribution in [2.45, 2.75) is 33.2 Å². The van der Waals surface area contributed by atoms with Crippen LogP contribution < -0.4 is 0 Å². The fourth-order valence-electron chi connectivity index (χ4n) is 1.19. The van der Waals surface area contributed by atoms with Crippen molar-refractivity contribution in [1.82, 2.24) is 9.78 Å². The quantitative estimate of drug-likeness (QED) is 0.703. The Kier molecular flexibility index (Phi) is 3.09. The summed E-state index contributed by atoms with van der Waals surface area (Å²) in [5, 5.41) is 4.70. The van der Waals surface area contributed by atoms with Crippen LogP contribution in [0, 0.1) is 0 Å². The van der Waals surface area contributed by atoms with Crippen LogP contribution in [0.4, 0.5) is 0 Å². The van der Waals surface area contributed by atoms with Gasteiger partial charge < -0.3 is 0 Å². The van der Waals surface area contributed by atoms with Crippen LogP contribution in [0.25, 0.3) is 0 Å². The number of rotatable bonds is 3. The summed E-state index contributed by atoms with van der Waals surface area (Å²) in [5.41, 5.74) is 1.30. The predicted octanol–water partition coefficient (Wildman–Crippen LogP) is 2.49. The van der Waals surface area contributed by atoms with Crippen molar-refractivity contribution >= 4 is 17.9 Å². The average Bonchev–Trinajstić information content (AvgIpc) is 2.41. The fraction of sp³-hybridized carbons (Fsp3) is 0.556. The van der Waals surface area contributed by atoms with Crippen LogP contribution in [0.2, 0.25) is 5.15 Å². The Labute approximate surface area is 82.7 Å². The van der Waals surface area contributed by atoms with Crippen molar-refractivity contribution in [1.29, 1.82) is 0 Å². The molecule has 0 aromatic carbocycles. The van der Waals surface area contributed by atoms with E-state index < -0.39 is 0 Å². The Morgan fingerprint density at radius 2 is 2.23 bits per heavy atom. The zero-order chi connectivity index (χ0) is 10.0. The van der Waals surface area contributed by atoms with Crippen molar-refractivity contribution in [3.05, 3.63) is 16.4 Å². The molecule has 1 aromatic rings. The van der Waals surface area contributed by atoms with E-state index in [1.807, 2.05) is 20.8 Å². The second-order valence-electron chi connectivity index (χ2n) is 3.16. The van der Waals surface area contributed by atoms with Crippen molar-refractivity contribution in [3.8, 4) is 0 Å². The summed E-state index contributed by atoms with van der Waals surface area (Å²) in [6.45, 7) is 5.91. The van der Waals surface area contributed by atoms with E-state index in [1.165, 1.54) is 0 Å². The molecular formula is C9H13ClN2O. The van der Waals surface area contributed by atoms with Gasteiger partial charge in [0, 0.05) is 6.04 Å². The molecule has 0 atom stereocenters. The maximum Gasteiger partial charge on any atom is 0.155 e. The third-order valence-corrected chi connectivity index (χ3v) is 2.28. The van der Waals surface area contributed by atoms with Gasteiger partial charge in [-0.3, -0.25) is 9.48 Å². The highest BCUT2D eigenvalue weighted by atomic mass is 35.5. The Morgan fingerprint density at radius 3 is 2.54 bits per heavy atom. The predicted molar refractivity (Wildman–Crippen MR) is 52.4 cm³/mol. The molecule has 0 saturated carbocycles. The first-order chi connectivity index (χ1) is 6.11. The second kappa shape index (κ2) is 3.92. The smallest absolute Gasteiger partial charge is 0.155 e. The molecule has 0 aliphatic carbocycles. The third kappa shape index (κ3) is 1.75. The molecule has 0 bridgehead atoms. The molecule has 0 fully saturated rings. The highest BCUT2D eigenvalue weighted by Gasteiger charge is 2.15. The van der Waals surface area contributed by atoms with Gasteiger partial charge in [0.15, 0.2) is 6.29 Å². The topological polar surface area (TPSA) is 34.9 Å². The summed E-state index contributed by atoms with van der Waals surface area (Å²) >= 11 is 5.97. The van der Waals surface area contributed by atoms with Crippen LogP contribution in [-0.2, 0) is 6.42 Å². The molecule has 1 rings (SSSR count). The number of aromatic nitrogens is 2. The number of aldehydes is 1. The maximum absolute atomic E-state index is 10.7. The van der Waals surface area contributed by atoms with Gasteiger partial charge in [0.1, 0.15) is 5.15 Å². The lowest BCUT2D eigenvalue weighted by molar-refractivity contribution is 0.112. The number of aryl methyl sites for hydroxylation is 1. The molecule has 1 aromatic heterocycles. The Bertz CT molecular complexity index is 318. The average molecular weight is 201 g/mol. The largest absolute Gasteiger partial charge is 0.298 e. The van der Waals surface area contributed by atoms with Gasteiger partial charge >= 0.3 is 0 Å². The SMILES string of the molecule is CCc1nn(C(C)C)c(Cl)c1C=O. The molecule has 72 valence electrons. The molecule has 0 aliphatic rings. The number of halogens is 1. The molecule has 0 saturated heterocycles. The van der Waals surface area contributed by atoms with Crippen LogP contribution in [0.15, 0.2) is 0 Å². The highest BCUT2D eigenvalue weighted by molar-refractivity contribution is 6.32. The molecule has 0 unspecified atom stereocenters. The fourth-order valence-corrected chi connectivity index (χ4v) is 1.58. The number of nitrogens with zero attached hydrogens (tertiary/aromatic N) is 2. The van der Waals surface area contributed by atoms with Gasteiger partial charge in [-0.05, 0) is 20.3 Å². The van der Waals surface area contributed by atoms with Crippen molar-refractivity contribution in [2.24, 2.45) is 0 Å². The Hall–Kier alpha value is -0.830. The monoisotopic (exact) mass is 200 g/mol. The lowest BCUT2D eigenvalue weighted by atomic mass is 10.2. The van der Waals surface area contributed by atoms with Gasteiger partial charge in [-0.2, -0.15) is 5.10 Å². The van der Waals surface area contributed by atoms with Gasteiger partial charge in [-0.15, -0.1) is 0 Å². The molecule has 4 heteroatoms. The lowest BCUT2D eigenvalue weighted by Gasteiger charge is -2.05. The normalized spacial score (nSPS) is 10.8. The summed E-state index contributed by atoms with van der Waals surface area (Å²) in [6, 6.07) is 0.187. The number of hydrogen-bond acceptors (Lipinski definition) is 2. The zero-order valence-electron chi connectivity index (χ0n) is 8.04. The minimum atomic E-state index is 0.187. The first kappa shape index (κ1) is 10.3. The van der Waals surface area contributed by atoms with Gasteiger partial charge in [0.25, 0.3) is 0 Å². The Balaban J connectivity index is 3.26. The van der Waals surface area contributed by atoms with E-state index in [0.717, 1.165) is 18.4 Å². The van der Waals surface area contributed by atoms with Crippen molar-refractivity contribution in [2.75, 3.05) is 0 Å². The molecule has 0 aliphatic heterocycles. The summed E-state index contributed by atoms with van der Waals surface area (Å²) in [5.74, 6) is 0. The first-order valence-electron chi connectivity index (χ1n) is 4.33. The summed E-state index contributed by atoms with van der Waals surface area (Å²) in [6.07, 6.45) is 1.50. The number of carbonyl (C=O) groups excluding carboxylic acids is 1. The molecule has 0 N–H and O–H groups in total. The summed E-state index contributed by atoms with van der Waals surface area (Å²) < 4.78 is 1.67. The highest BCUT2D eigenvalue weighted by Crippen LogP contribution is 2.21. The van der Waals surface area contributed by atoms with Crippen LogP contribution in [0.1, 0.15) is 42.9 Å². The molecule has 3 nitrogen and oxygen atoms in total. The van der Waals surface area contributed by atoms with Gasteiger partial charge in [-0.1, -0.05) is 18.5 Å². The van der Waals surface area contributed by atoms with E-state index in [0.29, 0.717) is 10.7 Å². The van der Waals surface area contributed by atoms with E-state index in [-0.39, 0.29) is 6.04 Å². The Morgan fingerprint density at radius 1 is 1.62 bits per heavy atom. The molecule has 0 amide bonds. The molecular weight excluding hydrogens is 188 g/mol. The van der Waals surface area contributed by atoms with E-state index in [2.05, 4.69) is 5.10 Å². The van der Waals surface area contributed by atoms with Crippen LogP contribution in [0.5, 0.6) is 0 Å². The number of hydrogen-bond donors (Lipinski definition) is 0. The summed E-state index contributed by atoms with van der Waals surface area (Å²) in [4.78, 5) is 10.7. The van der Waals surface area contributed by atoms with E-state index in [1.54, 1.807) is 4.68 Å². The van der Waals surface area contributed by atoms with Crippen LogP contribution in [0.3, 0.4) is 0 Å².